The van der Waals surface area contributed by atoms with E-state index >= 15 is 0 Å². The smallest absolute Gasteiger partial charge is 0.338 e. The molecule has 1 aliphatic carbocycles. The van der Waals surface area contributed by atoms with Crippen LogP contribution in [0.15, 0.2) is 24.3 Å². The highest BCUT2D eigenvalue weighted by atomic mass is 16.5. The lowest BCUT2D eigenvalue weighted by molar-refractivity contribution is -0.122. The summed E-state index contributed by atoms with van der Waals surface area (Å²) in [4.78, 5) is 35.3. The fourth-order valence-electron chi connectivity index (χ4n) is 2.75. The molecule has 0 bridgehead atoms. The van der Waals surface area contributed by atoms with Crippen molar-refractivity contribution in [1.29, 1.82) is 0 Å². The highest BCUT2D eigenvalue weighted by Crippen LogP contribution is 2.17. The number of rotatable bonds is 6. The van der Waals surface area contributed by atoms with Gasteiger partial charge in [0.15, 0.2) is 6.61 Å². The van der Waals surface area contributed by atoms with E-state index < -0.39 is 17.9 Å². The highest BCUT2D eigenvalue weighted by molar-refractivity contribution is 5.95. The monoisotopic (exact) mass is 362 g/mol. The molecule has 0 heterocycles. The number of esters is 1. The van der Waals surface area contributed by atoms with E-state index in [9.17, 15) is 14.4 Å². The number of benzene rings is 1. The first kappa shape index (κ1) is 19.8. The number of urea groups is 1. The molecule has 1 aliphatic rings. The summed E-state index contributed by atoms with van der Waals surface area (Å²) in [6.07, 6.45) is 5.10. The van der Waals surface area contributed by atoms with Crippen molar-refractivity contribution >= 4 is 17.9 Å². The predicted molar refractivity (Wildman–Crippen MR) is 96.0 cm³/mol. The van der Waals surface area contributed by atoms with Gasteiger partial charge in [-0.2, -0.15) is 0 Å². The normalized spacial score (nSPS) is 14.6. The van der Waals surface area contributed by atoms with E-state index in [2.05, 4.69) is 10.6 Å². The van der Waals surface area contributed by atoms with Crippen molar-refractivity contribution in [2.45, 2.75) is 58.1 Å². The molecule has 1 fully saturated rings. The van der Waals surface area contributed by atoms with Crippen molar-refractivity contribution < 1.29 is 23.9 Å². The van der Waals surface area contributed by atoms with Crippen LogP contribution in [0.3, 0.4) is 0 Å². The lowest BCUT2D eigenvalue weighted by Crippen LogP contribution is -2.46. The van der Waals surface area contributed by atoms with Gasteiger partial charge in [-0.1, -0.05) is 19.3 Å². The number of carbonyl (C=O) groups is 3. The fraction of sp³-hybridized carbons (Fsp3) is 0.526. The van der Waals surface area contributed by atoms with E-state index in [0.717, 1.165) is 25.7 Å². The SMILES string of the molecule is CC(C)OC(=O)c1ccc(OCC(=O)NC(=O)NC2CCCCC2)cc1. The molecular formula is C19H26N2O5. The Morgan fingerprint density at radius 1 is 1.08 bits per heavy atom. The number of imide groups is 1. The zero-order valence-electron chi connectivity index (χ0n) is 15.2. The maximum Gasteiger partial charge on any atom is 0.338 e. The summed E-state index contributed by atoms with van der Waals surface area (Å²) in [5, 5.41) is 5.07. The molecule has 7 nitrogen and oxygen atoms in total. The Balaban J connectivity index is 1.72. The lowest BCUT2D eigenvalue weighted by Gasteiger charge is -2.22. The van der Waals surface area contributed by atoms with E-state index in [1.165, 1.54) is 6.42 Å². The summed E-state index contributed by atoms with van der Waals surface area (Å²) in [6.45, 7) is 3.27. The van der Waals surface area contributed by atoms with E-state index in [1.54, 1.807) is 38.1 Å². The zero-order valence-corrected chi connectivity index (χ0v) is 15.2. The predicted octanol–water partition coefficient (Wildman–Crippen LogP) is 2.79. The van der Waals surface area contributed by atoms with E-state index in [0.29, 0.717) is 11.3 Å². The molecule has 0 saturated heterocycles. The minimum absolute atomic E-state index is 0.135. The van der Waals surface area contributed by atoms with Crippen molar-refractivity contribution in [3.05, 3.63) is 29.8 Å². The first-order valence-corrected chi connectivity index (χ1v) is 8.98. The van der Waals surface area contributed by atoms with Gasteiger partial charge in [-0.05, 0) is 51.0 Å². The molecule has 0 unspecified atom stereocenters. The van der Waals surface area contributed by atoms with Gasteiger partial charge in [-0.3, -0.25) is 10.1 Å². The molecule has 3 amide bonds. The summed E-state index contributed by atoms with van der Waals surface area (Å²) in [7, 11) is 0. The lowest BCUT2D eigenvalue weighted by atomic mass is 9.96. The first-order valence-electron chi connectivity index (χ1n) is 8.98. The topological polar surface area (TPSA) is 93.7 Å². The Labute approximate surface area is 153 Å². The van der Waals surface area contributed by atoms with E-state index in [1.807, 2.05) is 0 Å². The minimum Gasteiger partial charge on any atom is -0.484 e. The van der Waals surface area contributed by atoms with Crippen molar-refractivity contribution in [2.75, 3.05) is 6.61 Å². The van der Waals surface area contributed by atoms with Crippen molar-refractivity contribution in [1.82, 2.24) is 10.6 Å². The van der Waals surface area contributed by atoms with Crippen molar-refractivity contribution in [2.24, 2.45) is 0 Å². The molecule has 1 aromatic carbocycles. The van der Waals surface area contributed by atoms with E-state index in [-0.39, 0.29) is 18.8 Å². The van der Waals surface area contributed by atoms with E-state index in [4.69, 9.17) is 9.47 Å². The second kappa shape index (κ2) is 9.79. The average Bonchev–Trinajstić information content (AvgIpc) is 2.60. The van der Waals surface area contributed by atoms with Gasteiger partial charge in [0.05, 0.1) is 11.7 Å². The number of hydrogen-bond donors (Lipinski definition) is 2. The van der Waals surface area contributed by atoms with Gasteiger partial charge >= 0.3 is 12.0 Å². The van der Waals surface area contributed by atoms with Crippen LogP contribution in [0, 0.1) is 0 Å². The number of amides is 3. The molecule has 1 saturated carbocycles. The van der Waals surface area contributed by atoms with Crippen LogP contribution in [0.25, 0.3) is 0 Å². The molecule has 0 spiro atoms. The van der Waals surface area contributed by atoms with Crippen LogP contribution in [0.4, 0.5) is 4.79 Å². The van der Waals surface area contributed by atoms with Gasteiger partial charge in [0.2, 0.25) is 0 Å². The van der Waals surface area contributed by atoms with Gasteiger partial charge in [-0.15, -0.1) is 0 Å². The number of hydrogen-bond acceptors (Lipinski definition) is 5. The maximum atomic E-state index is 11.8. The minimum atomic E-state index is -0.526. The van der Waals surface area contributed by atoms with Crippen LogP contribution >= 0.6 is 0 Å². The van der Waals surface area contributed by atoms with Crippen LogP contribution in [-0.4, -0.2) is 36.7 Å². The molecular weight excluding hydrogens is 336 g/mol. The summed E-state index contributed by atoms with van der Waals surface area (Å²) in [5.41, 5.74) is 0.405. The molecule has 2 rings (SSSR count). The fourth-order valence-corrected chi connectivity index (χ4v) is 2.75. The largest absolute Gasteiger partial charge is 0.484 e. The Hall–Kier alpha value is -2.57. The summed E-state index contributed by atoms with van der Waals surface area (Å²) in [6, 6.07) is 5.92. The molecule has 1 aromatic rings. The Morgan fingerprint density at radius 3 is 2.35 bits per heavy atom. The van der Waals surface area contributed by atoms with Crippen molar-refractivity contribution in [3.8, 4) is 5.75 Å². The second-order valence-electron chi connectivity index (χ2n) is 6.62. The van der Waals surface area contributed by atoms with Crippen LogP contribution < -0.4 is 15.4 Å². The number of nitrogens with one attached hydrogen (secondary N) is 2. The Bertz CT molecular complexity index is 621. The molecule has 26 heavy (non-hydrogen) atoms. The zero-order chi connectivity index (χ0) is 18.9. The van der Waals surface area contributed by atoms with Gasteiger partial charge in [-0.25, -0.2) is 9.59 Å². The van der Waals surface area contributed by atoms with Gasteiger partial charge in [0.25, 0.3) is 5.91 Å². The second-order valence-corrected chi connectivity index (χ2v) is 6.62. The molecule has 0 aromatic heterocycles. The maximum absolute atomic E-state index is 11.8. The van der Waals surface area contributed by atoms with Crippen LogP contribution in [-0.2, 0) is 9.53 Å². The third kappa shape index (κ3) is 6.74. The third-order valence-corrected chi connectivity index (χ3v) is 4.00. The number of ether oxygens (including phenoxy) is 2. The first-order chi connectivity index (χ1) is 12.4. The van der Waals surface area contributed by atoms with Crippen LogP contribution in [0.5, 0.6) is 5.75 Å². The molecule has 0 aliphatic heterocycles. The molecule has 0 radical (unpaired) electrons. The standard InChI is InChI=1S/C19H26N2O5/c1-13(2)26-18(23)14-8-10-16(11-9-14)25-12-17(22)21-19(24)20-15-6-4-3-5-7-15/h8-11,13,15H,3-7,12H2,1-2H3,(H2,20,21,22,24). The van der Waals surface area contributed by atoms with Gasteiger partial charge < -0.3 is 14.8 Å². The Kier molecular flexibility index (Phi) is 7.44. The molecule has 7 heteroatoms. The highest BCUT2D eigenvalue weighted by Gasteiger charge is 2.17. The average molecular weight is 362 g/mol. The summed E-state index contributed by atoms with van der Waals surface area (Å²) < 4.78 is 10.4. The molecule has 0 atom stereocenters. The van der Waals surface area contributed by atoms with Gasteiger partial charge in [0.1, 0.15) is 5.75 Å². The molecule has 2 N–H and O–H groups in total. The Morgan fingerprint density at radius 2 is 1.73 bits per heavy atom. The summed E-state index contributed by atoms with van der Waals surface area (Å²) >= 11 is 0. The number of carbonyl (C=O) groups excluding carboxylic acids is 3. The van der Waals surface area contributed by atoms with Crippen LogP contribution in [0.2, 0.25) is 0 Å². The third-order valence-electron chi connectivity index (χ3n) is 4.00. The van der Waals surface area contributed by atoms with Crippen LogP contribution in [0.1, 0.15) is 56.3 Å². The molecule has 142 valence electrons. The van der Waals surface area contributed by atoms with Crippen molar-refractivity contribution in [3.63, 3.8) is 0 Å². The quantitative estimate of drug-likeness (QED) is 0.759. The van der Waals surface area contributed by atoms with Gasteiger partial charge in [0, 0.05) is 6.04 Å². The summed E-state index contributed by atoms with van der Waals surface area (Å²) in [5.74, 6) is -0.515.